The average Bonchev–Trinajstić information content (AvgIpc) is 2.42. The molecule has 0 bridgehead atoms. The maximum atomic E-state index is 12.7. The number of ether oxygens (including phenoxy) is 2. The lowest BCUT2D eigenvalue weighted by Crippen LogP contribution is -2.33. The molecule has 0 fully saturated rings. The van der Waals surface area contributed by atoms with Crippen LogP contribution in [-0.4, -0.2) is 27.3 Å². The van der Waals surface area contributed by atoms with Crippen molar-refractivity contribution in [2.75, 3.05) is 20.3 Å². The van der Waals surface area contributed by atoms with E-state index in [0.717, 1.165) is 17.9 Å². The third-order valence-corrected chi connectivity index (χ3v) is 2.98. The van der Waals surface area contributed by atoms with Crippen LogP contribution >= 0.6 is 0 Å². The summed E-state index contributed by atoms with van der Waals surface area (Å²) in [5.41, 5.74) is -0.578. The first-order chi connectivity index (χ1) is 9.50. The van der Waals surface area contributed by atoms with Gasteiger partial charge in [0, 0.05) is 20.1 Å². The van der Waals surface area contributed by atoms with Gasteiger partial charge in [-0.25, -0.2) is 0 Å². The van der Waals surface area contributed by atoms with E-state index in [4.69, 9.17) is 9.47 Å². The van der Waals surface area contributed by atoms with Crippen molar-refractivity contribution >= 4 is 23.2 Å². The van der Waals surface area contributed by atoms with Gasteiger partial charge in [0.1, 0.15) is 5.75 Å². The largest absolute Gasteiger partial charge is 0.509 e. The molecule has 0 saturated carbocycles. The topological polar surface area (TPSA) is 18.5 Å². The van der Waals surface area contributed by atoms with Crippen LogP contribution in [0.15, 0.2) is 36.4 Å². The Kier molecular flexibility index (Phi) is 4.55. The molecule has 0 N–H and O–H groups in total. The Balaban J connectivity index is 2.15. The van der Waals surface area contributed by atoms with Crippen LogP contribution in [0.5, 0.6) is 5.75 Å². The quantitative estimate of drug-likeness (QED) is 0.598. The SMILES string of the molecule is COCCCOc1ccc2cc([B-](F)(F)F)ccc2c1. The third-order valence-electron chi connectivity index (χ3n) is 2.98. The van der Waals surface area contributed by atoms with Gasteiger partial charge in [-0.15, -0.1) is 5.46 Å². The number of fused-ring (bicyclic) bond motifs is 1. The maximum absolute atomic E-state index is 12.7. The molecule has 6 heteroatoms. The van der Waals surface area contributed by atoms with Crippen LogP contribution in [0.4, 0.5) is 12.9 Å². The van der Waals surface area contributed by atoms with E-state index in [-0.39, 0.29) is 0 Å². The predicted octanol–water partition coefficient (Wildman–Crippen LogP) is 3.31. The van der Waals surface area contributed by atoms with Gasteiger partial charge in [0.2, 0.25) is 0 Å². The first-order valence-corrected chi connectivity index (χ1v) is 6.36. The number of rotatable bonds is 6. The molecule has 20 heavy (non-hydrogen) atoms. The molecule has 2 aromatic rings. The molecule has 0 heterocycles. The van der Waals surface area contributed by atoms with Gasteiger partial charge in [0.05, 0.1) is 6.61 Å². The fraction of sp³-hybridized carbons (Fsp3) is 0.286. The monoisotopic (exact) mass is 283 g/mol. The van der Waals surface area contributed by atoms with E-state index in [2.05, 4.69) is 0 Å². The Bertz CT molecular complexity index is 584. The van der Waals surface area contributed by atoms with Crippen molar-refractivity contribution in [1.29, 1.82) is 0 Å². The summed E-state index contributed by atoms with van der Waals surface area (Å²) in [6.45, 7) is -3.82. The van der Waals surface area contributed by atoms with Crippen LogP contribution in [0.25, 0.3) is 10.8 Å². The second kappa shape index (κ2) is 6.18. The van der Waals surface area contributed by atoms with E-state index in [0.29, 0.717) is 24.3 Å². The van der Waals surface area contributed by atoms with Gasteiger partial charge in [-0.2, -0.15) is 0 Å². The van der Waals surface area contributed by atoms with E-state index in [1.54, 1.807) is 25.3 Å². The number of hydrogen-bond acceptors (Lipinski definition) is 2. The van der Waals surface area contributed by atoms with Gasteiger partial charge in [0.25, 0.3) is 0 Å². The molecule has 0 aromatic heterocycles. The Morgan fingerprint density at radius 2 is 1.65 bits per heavy atom. The molecule has 0 aliphatic rings. The van der Waals surface area contributed by atoms with E-state index in [1.807, 2.05) is 0 Å². The summed E-state index contributed by atoms with van der Waals surface area (Å²) < 4.78 is 48.4. The molecular weight excluding hydrogens is 268 g/mol. The van der Waals surface area contributed by atoms with Crippen molar-refractivity contribution in [3.05, 3.63) is 36.4 Å². The molecule has 2 aromatic carbocycles. The lowest BCUT2D eigenvalue weighted by Gasteiger charge is -2.15. The number of methoxy groups -OCH3 is 1. The Labute approximate surface area is 115 Å². The van der Waals surface area contributed by atoms with Crippen molar-refractivity contribution in [2.24, 2.45) is 0 Å². The molecule has 0 aliphatic heterocycles. The molecule has 0 aliphatic carbocycles. The fourth-order valence-electron chi connectivity index (χ4n) is 1.93. The van der Waals surface area contributed by atoms with Gasteiger partial charge in [-0.1, -0.05) is 24.3 Å². The van der Waals surface area contributed by atoms with Gasteiger partial charge in [0.15, 0.2) is 0 Å². The molecule has 0 amide bonds. The average molecular weight is 283 g/mol. The predicted molar refractivity (Wildman–Crippen MR) is 74.6 cm³/mol. The maximum Gasteiger partial charge on any atom is 0.509 e. The van der Waals surface area contributed by atoms with Crippen LogP contribution in [0, 0.1) is 0 Å². The minimum absolute atomic E-state index is 0.517. The summed E-state index contributed by atoms with van der Waals surface area (Å²) in [5.74, 6) is 0.652. The second-order valence-electron chi connectivity index (χ2n) is 4.54. The Morgan fingerprint density at radius 1 is 0.950 bits per heavy atom. The summed E-state index contributed by atoms with van der Waals surface area (Å²) >= 11 is 0. The van der Waals surface area contributed by atoms with Gasteiger partial charge < -0.3 is 22.4 Å². The van der Waals surface area contributed by atoms with Gasteiger partial charge in [-0.05, 0) is 22.9 Å². The van der Waals surface area contributed by atoms with Crippen molar-refractivity contribution in [2.45, 2.75) is 6.42 Å². The normalized spacial score (nSPS) is 11.8. The van der Waals surface area contributed by atoms with Crippen molar-refractivity contribution in [1.82, 2.24) is 0 Å². The summed E-state index contributed by atoms with van der Waals surface area (Å²) in [7, 11) is 1.62. The van der Waals surface area contributed by atoms with E-state index < -0.39 is 12.4 Å². The molecule has 0 radical (unpaired) electrons. The zero-order valence-corrected chi connectivity index (χ0v) is 11.1. The summed E-state index contributed by atoms with van der Waals surface area (Å²) in [6, 6.07) is 8.83. The number of hydrogen-bond donors (Lipinski definition) is 0. The van der Waals surface area contributed by atoms with Gasteiger partial charge >= 0.3 is 6.98 Å². The molecule has 0 unspecified atom stereocenters. The third kappa shape index (κ3) is 3.66. The highest BCUT2D eigenvalue weighted by Gasteiger charge is 2.25. The van der Waals surface area contributed by atoms with Crippen LogP contribution in [0.3, 0.4) is 0 Å². The Morgan fingerprint density at radius 3 is 2.35 bits per heavy atom. The second-order valence-corrected chi connectivity index (χ2v) is 4.54. The first-order valence-electron chi connectivity index (χ1n) is 6.36. The minimum Gasteiger partial charge on any atom is -0.493 e. The zero-order valence-electron chi connectivity index (χ0n) is 11.1. The van der Waals surface area contributed by atoms with E-state index in [1.165, 1.54) is 12.1 Å². The number of halogens is 3. The smallest absolute Gasteiger partial charge is 0.493 e. The molecule has 0 spiro atoms. The molecule has 2 nitrogen and oxygen atoms in total. The minimum atomic E-state index is -4.96. The van der Waals surface area contributed by atoms with Crippen LogP contribution in [0.1, 0.15) is 6.42 Å². The summed E-state index contributed by atoms with van der Waals surface area (Å²) in [6.07, 6.45) is 0.768. The van der Waals surface area contributed by atoms with Crippen molar-refractivity contribution < 1.29 is 22.4 Å². The molecule has 108 valence electrons. The first kappa shape index (κ1) is 14.7. The molecule has 2 rings (SSSR count). The highest BCUT2D eigenvalue weighted by atomic mass is 19.4. The fourth-order valence-corrected chi connectivity index (χ4v) is 1.93. The lowest BCUT2D eigenvalue weighted by atomic mass is 9.79. The van der Waals surface area contributed by atoms with E-state index >= 15 is 0 Å². The molecule has 0 atom stereocenters. The molecular formula is C14H15BF3O2-. The zero-order chi connectivity index (χ0) is 14.6. The standard InChI is InChI=1S/C14H15BF3O2/c1-19-7-2-8-20-14-6-4-11-9-13(15(16,17)18)5-3-12(11)10-14/h3-6,9-10H,2,7-8H2,1H3/q-1. The van der Waals surface area contributed by atoms with Crippen LogP contribution in [0.2, 0.25) is 0 Å². The van der Waals surface area contributed by atoms with Crippen molar-refractivity contribution in [3.63, 3.8) is 0 Å². The van der Waals surface area contributed by atoms with Crippen LogP contribution in [-0.2, 0) is 4.74 Å². The lowest BCUT2D eigenvalue weighted by molar-refractivity contribution is 0.172. The van der Waals surface area contributed by atoms with Gasteiger partial charge in [-0.3, -0.25) is 0 Å². The molecule has 0 saturated heterocycles. The highest BCUT2D eigenvalue weighted by molar-refractivity contribution is 6.73. The summed E-state index contributed by atoms with van der Waals surface area (Å²) in [4.78, 5) is 0. The van der Waals surface area contributed by atoms with E-state index in [9.17, 15) is 12.9 Å². The number of benzene rings is 2. The highest BCUT2D eigenvalue weighted by Crippen LogP contribution is 2.21. The Hall–Kier alpha value is -1.69. The van der Waals surface area contributed by atoms with Crippen molar-refractivity contribution in [3.8, 4) is 5.75 Å². The van der Waals surface area contributed by atoms with Crippen LogP contribution < -0.4 is 10.2 Å². The summed E-state index contributed by atoms with van der Waals surface area (Å²) in [5, 5.41) is 1.30.